The molecule has 0 spiro atoms. The zero-order chi connectivity index (χ0) is 25.0. The summed E-state index contributed by atoms with van der Waals surface area (Å²) in [6, 6.07) is 4.52. The fourth-order valence-electron chi connectivity index (χ4n) is 4.82. The molecule has 0 aromatic heterocycles. The molecule has 2 fully saturated rings. The van der Waals surface area contributed by atoms with E-state index in [-0.39, 0.29) is 23.9 Å². The van der Waals surface area contributed by atoms with Crippen LogP contribution in [0.15, 0.2) is 18.2 Å². The Hall–Kier alpha value is -2.57. The van der Waals surface area contributed by atoms with E-state index in [0.717, 1.165) is 55.2 Å². The summed E-state index contributed by atoms with van der Waals surface area (Å²) in [5.41, 5.74) is 2.18. The highest BCUT2D eigenvalue weighted by Gasteiger charge is 2.44. The lowest BCUT2D eigenvalue weighted by Crippen LogP contribution is -2.54. The first kappa shape index (κ1) is 26.0. The van der Waals surface area contributed by atoms with Crippen molar-refractivity contribution in [2.75, 3.05) is 0 Å². The Morgan fingerprint density at radius 2 is 1.59 bits per heavy atom. The third-order valence-corrected chi connectivity index (χ3v) is 6.59. The average molecular weight is 472 g/mol. The molecular formula is C27H41N3O4. The van der Waals surface area contributed by atoms with Crippen molar-refractivity contribution in [3.63, 3.8) is 0 Å². The topological polar surface area (TPSA) is 87.7 Å². The monoisotopic (exact) mass is 471 g/mol. The van der Waals surface area contributed by atoms with Crippen molar-refractivity contribution >= 4 is 17.9 Å². The smallest absolute Gasteiger partial charge is 0.408 e. The van der Waals surface area contributed by atoms with Crippen LogP contribution in [0.25, 0.3) is 0 Å². The maximum Gasteiger partial charge on any atom is 0.408 e. The van der Waals surface area contributed by atoms with Gasteiger partial charge in [-0.2, -0.15) is 0 Å². The second-order valence-electron chi connectivity index (χ2n) is 10.9. The number of aryl methyl sites for hydroxylation is 2. The van der Waals surface area contributed by atoms with E-state index in [2.05, 4.69) is 10.6 Å². The van der Waals surface area contributed by atoms with Crippen molar-refractivity contribution < 1.29 is 19.1 Å². The normalized spacial score (nSPS) is 18.5. The highest BCUT2D eigenvalue weighted by molar-refractivity contribution is 5.93. The molecule has 0 radical (unpaired) electrons. The molecule has 3 amide bonds. The van der Waals surface area contributed by atoms with Crippen molar-refractivity contribution in [1.82, 2.24) is 15.5 Å². The van der Waals surface area contributed by atoms with Gasteiger partial charge in [0.15, 0.2) is 0 Å². The highest BCUT2D eigenvalue weighted by atomic mass is 16.6. The molecule has 0 heterocycles. The number of rotatable bonds is 7. The lowest BCUT2D eigenvalue weighted by molar-refractivity contribution is -0.143. The molecule has 2 aliphatic rings. The Balaban J connectivity index is 1.90. The van der Waals surface area contributed by atoms with Crippen LogP contribution >= 0.6 is 0 Å². The average Bonchev–Trinajstić information content (AvgIpc) is 3.56. The molecule has 0 bridgehead atoms. The molecule has 1 aromatic carbocycles. The molecule has 0 saturated heterocycles. The summed E-state index contributed by atoms with van der Waals surface area (Å²) in [7, 11) is 0. The quantitative estimate of drug-likeness (QED) is 0.603. The number of carbonyl (C=O) groups excluding carboxylic acids is 3. The summed E-state index contributed by atoms with van der Waals surface area (Å²) in [6.45, 7) is 11.0. The van der Waals surface area contributed by atoms with Gasteiger partial charge in [-0.1, -0.05) is 37.5 Å². The largest absolute Gasteiger partial charge is 0.444 e. The van der Waals surface area contributed by atoms with Gasteiger partial charge in [0.1, 0.15) is 17.7 Å². The van der Waals surface area contributed by atoms with Gasteiger partial charge in [-0.3, -0.25) is 9.59 Å². The van der Waals surface area contributed by atoms with Crippen molar-refractivity contribution in [3.05, 3.63) is 34.9 Å². The number of nitrogens with one attached hydrogen (secondary N) is 2. The molecule has 2 aliphatic carbocycles. The summed E-state index contributed by atoms with van der Waals surface area (Å²) in [6.07, 6.45) is 6.43. The third-order valence-electron chi connectivity index (χ3n) is 6.59. The predicted molar refractivity (Wildman–Crippen MR) is 132 cm³/mol. The zero-order valence-corrected chi connectivity index (χ0v) is 21.6. The van der Waals surface area contributed by atoms with Gasteiger partial charge in [0.05, 0.1) is 0 Å². The van der Waals surface area contributed by atoms with Gasteiger partial charge in [0.2, 0.25) is 11.8 Å². The molecule has 0 aliphatic heterocycles. The number of alkyl carbamates (subject to hydrolysis) is 1. The molecule has 7 nitrogen and oxygen atoms in total. The Kier molecular flexibility index (Phi) is 8.26. The van der Waals surface area contributed by atoms with Crippen LogP contribution in [-0.2, 0) is 14.3 Å². The van der Waals surface area contributed by atoms with Crippen molar-refractivity contribution in [3.8, 4) is 0 Å². The zero-order valence-electron chi connectivity index (χ0n) is 21.6. The molecule has 2 N–H and O–H groups in total. The molecule has 2 atom stereocenters. The van der Waals surface area contributed by atoms with Gasteiger partial charge in [0, 0.05) is 12.1 Å². The van der Waals surface area contributed by atoms with Crippen LogP contribution in [0, 0.1) is 13.8 Å². The lowest BCUT2D eigenvalue weighted by atomic mass is 9.91. The van der Waals surface area contributed by atoms with E-state index in [1.165, 1.54) is 6.42 Å². The van der Waals surface area contributed by atoms with E-state index in [9.17, 15) is 14.4 Å². The van der Waals surface area contributed by atoms with Crippen LogP contribution in [0.2, 0.25) is 0 Å². The molecule has 7 heteroatoms. The standard InChI is InChI=1S/C27H41N3O4/c1-17-11-10-12-18(2)22(17)23(24(31)29-20-13-8-7-9-14-20)30(21-15-16-21)25(32)19(3)28-26(33)34-27(4,5)6/h10-12,19-21,23H,7-9,13-16H2,1-6H3,(H,28,33)(H,29,31). The van der Waals surface area contributed by atoms with E-state index in [1.807, 2.05) is 32.0 Å². The van der Waals surface area contributed by atoms with Crippen LogP contribution in [0.4, 0.5) is 4.79 Å². The first-order chi connectivity index (χ1) is 16.0. The van der Waals surface area contributed by atoms with E-state index >= 15 is 0 Å². The fraction of sp³-hybridized carbons (Fsp3) is 0.667. The van der Waals surface area contributed by atoms with E-state index < -0.39 is 23.8 Å². The molecule has 1 aromatic rings. The van der Waals surface area contributed by atoms with E-state index in [0.29, 0.717) is 0 Å². The second kappa shape index (κ2) is 10.8. The minimum absolute atomic E-state index is 0.0171. The van der Waals surface area contributed by atoms with Crippen molar-refractivity contribution in [2.45, 2.75) is 116 Å². The summed E-state index contributed by atoms with van der Waals surface area (Å²) < 4.78 is 5.35. The number of benzene rings is 1. The molecule has 34 heavy (non-hydrogen) atoms. The maximum atomic E-state index is 13.8. The van der Waals surface area contributed by atoms with Gasteiger partial charge < -0.3 is 20.3 Å². The van der Waals surface area contributed by atoms with Gasteiger partial charge in [0.25, 0.3) is 0 Å². The molecule has 3 rings (SSSR count). The molecular weight excluding hydrogens is 430 g/mol. The number of amides is 3. The van der Waals surface area contributed by atoms with E-state index in [4.69, 9.17) is 4.74 Å². The van der Waals surface area contributed by atoms with Crippen LogP contribution in [0.1, 0.15) is 95.4 Å². The van der Waals surface area contributed by atoms with Crippen molar-refractivity contribution in [2.24, 2.45) is 0 Å². The fourth-order valence-corrected chi connectivity index (χ4v) is 4.82. The van der Waals surface area contributed by atoms with Gasteiger partial charge >= 0.3 is 6.09 Å². The third kappa shape index (κ3) is 6.73. The summed E-state index contributed by atoms with van der Waals surface area (Å²) in [5.74, 6) is -0.395. The number of carbonyl (C=O) groups is 3. The minimum Gasteiger partial charge on any atom is -0.444 e. The number of nitrogens with zero attached hydrogens (tertiary/aromatic N) is 1. The maximum absolute atomic E-state index is 13.8. The van der Waals surface area contributed by atoms with Gasteiger partial charge in [-0.15, -0.1) is 0 Å². The molecule has 188 valence electrons. The molecule has 2 saturated carbocycles. The van der Waals surface area contributed by atoms with Crippen LogP contribution in [0.3, 0.4) is 0 Å². The van der Waals surface area contributed by atoms with Crippen molar-refractivity contribution in [1.29, 1.82) is 0 Å². The van der Waals surface area contributed by atoms with Gasteiger partial charge in [-0.25, -0.2) is 4.79 Å². The molecule has 2 unspecified atom stereocenters. The number of hydrogen-bond donors (Lipinski definition) is 2. The van der Waals surface area contributed by atoms with Gasteiger partial charge in [-0.05, 0) is 83.9 Å². The number of ether oxygens (including phenoxy) is 1. The summed E-state index contributed by atoms with van der Waals surface area (Å²) >= 11 is 0. The first-order valence-electron chi connectivity index (χ1n) is 12.7. The van der Waals surface area contributed by atoms with Crippen LogP contribution in [-0.4, -0.2) is 46.5 Å². The predicted octanol–water partition coefficient (Wildman–Crippen LogP) is 4.70. The van der Waals surface area contributed by atoms with Crippen LogP contribution in [0.5, 0.6) is 0 Å². The van der Waals surface area contributed by atoms with E-state index in [1.54, 1.807) is 32.6 Å². The number of hydrogen-bond acceptors (Lipinski definition) is 4. The lowest BCUT2D eigenvalue weighted by Gasteiger charge is -2.36. The Morgan fingerprint density at radius 1 is 1.00 bits per heavy atom. The second-order valence-corrected chi connectivity index (χ2v) is 10.9. The Bertz CT molecular complexity index is 877. The van der Waals surface area contributed by atoms with Crippen LogP contribution < -0.4 is 10.6 Å². The Labute approximate surface area is 204 Å². The SMILES string of the molecule is Cc1cccc(C)c1C(C(=O)NC1CCCCC1)N(C(=O)C(C)NC(=O)OC(C)(C)C)C1CC1. The summed E-state index contributed by atoms with van der Waals surface area (Å²) in [5, 5.41) is 5.93. The highest BCUT2D eigenvalue weighted by Crippen LogP contribution is 2.38. The Morgan fingerprint density at radius 3 is 2.12 bits per heavy atom. The summed E-state index contributed by atoms with van der Waals surface area (Å²) in [4.78, 5) is 41.6. The minimum atomic E-state index is -0.815. The first-order valence-corrected chi connectivity index (χ1v) is 12.7.